The van der Waals surface area contributed by atoms with Crippen molar-refractivity contribution in [1.82, 2.24) is 10.2 Å². The molecule has 1 amide bonds. The van der Waals surface area contributed by atoms with Crippen LogP contribution in [0.25, 0.3) is 0 Å². The van der Waals surface area contributed by atoms with Gasteiger partial charge in [-0.15, -0.1) is 0 Å². The molecule has 0 heterocycles. The van der Waals surface area contributed by atoms with Crippen molar-refractivity contribution >= 4 is 5.91 Å². The molecule has 0 bridgehead atoms. The van der Waals surface area contributed by atoms with Crippen LogP contribution in [0.1, 0.15) is 47.5 Å². The number of nitrogens with two attached hydrogens (primary N) is 1. The molecule has 3 N–H and O–H groups in total. The fourth-order valence-corrected chi connectivity index (χ4v) is 2.19. The lowest BCUT2D eigenvalue weighted by Gasteiger charge is -2.35. The fraction of sp³-hybridized carbons (Fsp3) is 0.923. The maximum atomic E-state index is 11.6. The lowest BCUT2D eigenvalue weighted by Crippen LogP contribution is -2.58. The van der Waals surface area contributed by atoms with Crippen LogP contribution < -0.4 is 11.1 Å². The third kappa shape index (κ3) is 5.50. The summed E-state index contributed by atoms with van der Waals surface area (Å²) in [6.07, 6.45) is 1.85. The second kappa shape index (κ2) is 6.97. The van der Waals surface area contributed by atoms with Crippen molar-refractivity contribution in [3.63, 3.8) is 0 Å². The highest BCUT2D eigenvalue weighted by Gasteiger charge is 2.33. The minimum Gasteiger partial charge on any atom is -0.368 e. The van der Waals surface area contributed by atoms with Gasteiger partial charge in [0.25, 0.3) is 0 Å². The Balaban J connectivity index is 4.59. The molecule has 0 fully saturated rings. The van der Waals surface area contributed by atoms with E-state index in [4.69, 9.17) is 5.73 Å². The van der Waals surface area contributed by atoms with E-state index >= 15 is 0 Å². The molecule has 4 nitrogen and oxygen atoms in total. The van der Waals surface area contributed by atoms with Crippen LogP contribution in [0, 0.1) is 0 Å². The van der Waals surface area contributed by atoms with Crippen LogP contribution in [0.3, 0.4) is 0 Å². The number of hydrogen-bond acceptors (Lipinski definition) is 3. The van der Waals surface area contributed by atoms with Gasteiger partial charge in [0.2, 0.25) is 5.91 Å². The first kappa shape index (κ1) is 16.4. The van der Waals surface area contributed by atoms with Crippen LogP contribution in [0.2, 0.25) is 0 Å². The maximum absolute atomic E-state index is 11.6. The van der Waals surface area contributed by atoms with E-state index in [1.165, 1.54) is 0 Å². The number of nitrogens with zero attached hydrogens (tertiary/aromatic N) is 1. The predicted octanol–water partition coefficient (Wildman–Crippen LogP) is 1.35. The number of carbonyl (C=O) groups is 1. The summed E-state index contributed by atoms with van der Waals surface area (Å²) in [5.74, 6) is -0.275. The van der Waals surface area contributed by atoms with Gasteiger partial charge in [0.05, 0.1) is 5.54 Å². The lowest BCUT2D eigenvalue weighted by atomic mass is 9.91. The summed E-state index contributed by atoms with van der Waals surface area (Å²) in [7, 11) is 2.09. The molecule has 0 saturated heterocycles. The summed E-state index contributed by atoms with van der Waals surface area (Å²) in [5, 5.41) is 3.28. The first-order valence-corrected chi connectivity index (χ1v) is 6.50. The largest absolute Gasteiger partial charge is 0.368 e. The molecular weight excluding hydrogens is 214 g/mol. The number of nitrogens with one attached hydrogen (secondary N) is 1. The van der Waals surface area contributed by atoms with Gasteiger partial charge in [0.1, 0.15) is 0 Å². The Labute approximate surface area is 106 Å². The molecule has 0 spiro atoms. The Morgan fingerprint density at radius 1 is 1.41 bits per heavy atom. The fourth-order valence-electron chi connectivity index (χ4n) is 2.19. The van der Waals surface area contributed by atoms with Crippen LogP contribution in [-0.2, 0) is 4.79 Å². The second-order valence-corrected chi connectivity index (χ2v) is 5.53. The Morgan fingerprint density at radius 3 is 2.29 bits per heavy atom. The molecular formula is C13H29N3O. The van der Waals surface area contributed by atoms with E-state index in [1.54, 1.807) is 0 Å². The summed E-state index contributed by atoms with van der Waals surface area (Å²) < 4.78 is 0. The average Bonchev–Trinajstić information content (AvgIpc) is 2.16. The second-order valence-electron chi connectivity index (χ2n) is 5.53. The van der Waals surface area contributed by atoms with Gasteiger partial charge in [0.15, 0.2) is 0 Å². The SMILES string of the molecule is CCCN(C)C(C)CC(C)(NC(C)C)C(N)=O. The van der Waals surface area contributed by atoms with Crippen LogP contribution in [-0.4, -0.2) is 42.0 Å². The molecule has 2 atom stereocenters. The summed E-state index contributed by atoms with van der Waals surface area (Å²) >= 11 is 0. The summed E-state index contributed by atoms with van der Waals surface area (Å²) in [4.78, 5) is 13.9. The number of carbonyl (C=O) groups excluding carboxylic acids is 1. The van der Waals surface area contributed by atoms with Crippen molar-refractivity contribution in [1.29, 1.82) is 0 Å². The van der Waals surface area contributed by atoms with Crippen molar-refractivity contribution in [2.45, 2.75) is 65.1 Å². The minimum absolute atomic E-state index is 0.246. The quantitative estimate of drug-likeness (QED) is 0.676. The van der Waals surface area contributed by atoms with Gasteiger partial charge in [-0.05, 0) is 54.1 Å². The van der Waals surface area contributed by atoms with Crippen LogP contribution in [0.5, 0.6) is 0 Å². The Morgan fingerprint density at radius 2 is 1.94 bits per heavy atom. The van der Waals surface area contributed by atoms with Gasteiger partial charge in [-0.2, -0.15) is 0 Å². The van der Waals surface area contributed by atoms with E-state index in [9.17, 15) is 4.79 Å². The maximum Gasteiger partial charge on any atom is 0.237 e. The number of rotatable bonds is 8. The van der Waals surface area contributed by atoms with Crippen molar-refractivity contribution in [2.75, 3.05) is 13.6 Å². The van der Waals surface area contributed by atoms with Crippen molar-refractivity contribution < 1.29 is 4.79 Å². The van der Waals surface area contributed by atoms with Gasteiger partial charge >= 0.3 is 0 Å². The highest BCUT2D eigenvalue weighted by Crippen LogP contribution is 2.16. The summed E-state index contributed by atoms with van der Waals surface area (Å²) in [6, 6.07) is 0.579. The molecule has 0 saturated carbocycles. The normalized spacial score (nSPS) is 17.2. The Hall–Kier alpha value is -0.610. The molecule has 0 radical (unpaired) electrons. The van der Waals surface area contributed by atoms with E-state index in [2.05, 4.69) is 31.1 Å². The number of amides is 1. The molecule has 17 heavy (non-hydrogen) atoms. The van der Waals surface area contributed by atoms with Crippen molar-refractivity contribution in [2.24, 2.45) is 5.73 Å². The molecule has 0 aliphatic heterocycles. The Bertz CT molecular complexity index is 243. The monoisotopic (exact) mass is 243 g/mol. The summed E-state index contributed by atoms with van der Waals surface area (Å²) in [6.45, 7) is 11.3. The van der Waals surface area contributed by atoms with Gasteiger partial charge in [-0.25, -0.2) is 0 Å². The van der Waals surface area contributed by atoms with E-state index in [-0.39, 0.29) is 11.9 Å². The minimum atomic E-state index is -0.629. The highest BCUT2D eigenvalue weighted by molar-refractivity contribution is 5.84. The van der Waals surface area contributed by atoms with Crippen LogP contribution >= 0.6 is 0 Å². The van der Waals surface area contributed by atoms with E-state index in [1.807, 2.05) is 20.8 Å². The van der Waals surface area contributed by atoms with E-state index in [0.29, 0.717) is 6.04 Å². The zero-order valence-electron chi connectivity index (χ0n) is 12.2. The Kier molecular flexibility index (Phi) is 6.72. The van der Waals surface area contributed by atoms with Gasteiger partial charge in [-0.3, -0.25) is 4.79 Å². The number of primary amides is 1. The molecule has 0 aromatic rings. The van der Waals surface area contributed by atoms with E-state index < -0.39 is 5.54 Å². The molecule has 0 aromatic carbocycles. The standard InChI is InChI=1S/C13H29N3O/c1-7-8-16(6)11(4)9-13(5,12(14)17)15-10(2)3/h10-11,15H,7-9H2,1-6H3,(H2,14,17). The zero-order valence-corrected chi connectivity index (χ0v) is 12.2. The summed E-state index contributed by atoms with van der Waals surface area (Å²) in [5.41, 5.74) is 4.89. The number of hydrogen-bond donors (Lipinski definition) is 2. The molecule has 2 unspecified atom stereocenters. The highest BCUT2D eigenvalue weighted by atomic mass is 16.1. The molecule has 4 heteroatoms. The van der Waals surface area contributed by atoms with Gasteiger partial charge in [-0.1, -0.05) is 6.92 Å². The molecule has 0 rings (SSSR count). The predicted molar refractivity (Wildman–Crippen MR) is 72.9 cm³/mol. The molecule has 102 valence electrons. The molecule has 0 aliphatic rings. The van der Waals surface area contributed by atoms with Crippen LogP contribution in [0.15, 0.2) is 0 Å². The smallest absolute Gasteiger partial charge is 0.237 e. The first-order valence-electron chi connectivity index (χ1n) is 6.50. The lowest BCUT2D eigenvalue weighted by molar-refractivity contribution is -0.124. The van der Waals surface area contributed by atoms with Crippen LogP contribution in [0.4, 0.5) is 0 Å². The average molecular weight is 243 g/mol. The zero-order chi connectivity index (χ0) is 13.6. The third-order valence-electron chi connectivity index (χ3n) is 3.18. The van der Waals surface area contributed by atoms with Gasteiger partial charge in [0, 0.05) is 12.1 Å². The van der Waals surface area contributed by atoms with Crippen molar-refractivity contribution in [3.05, 3.63) is 0 Å². The first-order chi connectivity index (χ1) is 7.73. The topological polar surface area (TPSA) is 58.4 Å². The third-order valence-corrected chi connectivity index (χ3v) is 3.18. The van der Waals surface area contributed by atoms with Gasteiger partial charge < -0.3 is 16.0 Å². The van der Waals surface area contributed by atoms with Crippen molar-refractivity contribution in [3.8, 4) is 0 Å². The molecule has 0 aliphatic carbocycles. The van der Waals surface area contributed by atoms with E-state index in [0.717, 1.165) is 19.4 Å². The molecule has 0 aromatic heterocycles.